The van der Waals surface area contributed by atoms with Crippen molar-refractivity contribution in [2.45, 2.75) is 19.4 Å². The topological polar surface area (TPSA) is 30.5 Å². The van der Waals surface area contributed by atoms with Crippen molar-refractivity contribution in [3.05, 3.63) is 0 Å². The van der Waals surface area contributed by atoms with Crippen LogP contribution < -0.4 is 5.48 Å². The first-order chi connectivity index (χ1) is 4.35. The SMILES string of the molecule is CCC(CONC)OC. The number of hydroxylamine groups is 1. The Morgan fingerprint density at radius 2 is 2.22 bits per heavy atom. The quantitative estimate of drug-likeness (QED) is 0.556. The molecule has 0 aromatic rings. The van der Waals surface area contributed by atoms with E-state index >= 15 is 0 Å². The second-order valence-electron chi connectivity index (χ2n) is 1.78. The minimum atomic E-state index is 0.220. The third-order valence-electron chi connectivity index (χ3n) is 1.20. The number of rotatable bonds is 5. The van der Waals surface area contributed by atoms with Crippen molar-refractivity contribution < 1.29 is 9.57 Å². The average molecular weight is 133 g/mol. The summed E-state index contributed by atoms with van der Waals surface area (Å²) in [4.78, 5) is 4.90. The molecule has 0 aliphatic heterocycles. The minimum absolute atomic E-state index is 0.220. The summed E-state index contributed by atoms with van der Waals surface area (Å²) in [5.74, 6) is 0. The van der Waals surface area contributed by atoms with Crippen molar-refractivity contribution in [2.24, 2.45) is 0 Å². The van der Waals surface area contributed by atoms with Gasteiger partial charge in [0, 0.05) is 14.2 Å². The first kappa shape index (κ1) is 8.88. The lowest BCUT2D eigenvalue weighted by Crippen LogP contribution is -2.21. The van der Waals surface area contributed by atoms with Crippen LogP contribution in [0, 0.1) is 0 Å². The van der Waals surface area contributed by atoms with Crippen LogP contribution in [-0.4, -0.2) is 26.9 Å². The molecule has 0 rings (SSSR count). The van der Waals surface area contributed by atoms with Crippen molar-refractivity contribution >= 4 is 0 Å². The van der Waals surface area contributed by atoms with Gasteiger partial charge in [-0.15, -0.1) is 0 Å². The lowest BCUT2D eigenvalue weighted by atomic mass is 10.3. The van der Waals surface area contributed by atoms with Gasteiger partial charge >= 0.3 is 0 Å². The van der Waals surface area contributed by atoms with E-state index < -0.39 is 0 Å². The predicted molar refractivity (Wildman–Crippen MR) is 36.1 cm³/mol. The van der Waals surface area contributed by atoms with Crippen molar-refractivity contribution in [3.63, 3.8) is 0 Å². The van der Waals surface area contributed by atoms with E-state index in [1.807, 2.05) is 0 Å². The summed E-state index contributed by atoms with van der Waals surface area (Å²) in [7, 11) is 3.43. The van der Waals surface area contributed by atoms with Crippen molar-refractivity contribution in [1.29, 1.82) is 0 Å². The van der Waals surface area contributed by atoms with Crippen LogP contribution in [0.15, 0.2) is 0 Å². The van der Waals surface area contributed by atoms with Crippen LogP contribution in [0.1, 0.15) is 13.3 Å². The molecule has 0 fully saturated rings. The van der Waals surface area contributed by atoms with Gasteiger partial charge in [0.15, 0.2) is 0 Å². The highest BCUT2D eigenvalue weighted by Gasteiger charge is 2.01. The first-order valence-corrected chi connectivity index (χ1v) is 3.16. The van der Waals surface area contributed by atoms with Gasteiger partial charge in [-0.25, -0.2) is 5.48 Å². The Morgan fingerprint density at radius 3 is 2.56 bits per heavy atom. The Hall–Kier alpha value is -0.120. The molecule has 0 saturated heterocycles. The van der Waals surface area contributed by atoms with Gasteiger partial charge in [0.25, 0.3) is 0 Å². The predicted octanol–water partition coefficient (Wildman–Crippen LogP) is 0.562. The van der Waals surface area contributed by atoms with Gasteiger partial charge < -0.3 is 4.74 Å². The van der Waals surface area contributed by atoms with Gasteiger partial charge in [-0.2, -0.15) is 0 Å². The number of methoxy groups -OCH3 is 1. The lowest BCUT2D eigenvalue weighted by molar-refractivity contribution is -0.0286. The Kier molecular flexibility index (Phi) is 5.93. The number of hydrogen-bond donors (Lipinski definition) is 1. The standard InChI is InChI=1S/C6H15NO2/c1-4-6(8-3)5-9-7-2/h6-7H,4-5H2,1-3H3. The fraction of sp³-hybridized carbons (Fsp3) is 1.00. The zero-order valence-corrected chi connectivity index (χ0v) is 6.31. The molecule has 1 unspecified atom stereocenters. The number of ether oxygens (including phenoxy) is 1. The first-order valence-electron chi connectivity index (χ1n) is 3.16. The molecule has 0 aromatic heterocycles. The highest BCUT2D eigenvalue weighted by molar-refractivity contribution is 4.49. The van der Waals surface area contributed by atoms with Crippen molar-refractivity contribution in [2.75, 3.05) is 20.8 Å². The van der Waals surface area contributed by atoms with Crippen molar-refractivity contribution in [3.8, 4) is 0 Å². The normalized spacial score (nSPS) is 13.7. The Morgan fingerprint density at radius 1 is 1.56 bits per heavy atom. The zero-order valence-electron chi connectivity index (χ0n) is 6.31. The van der Waals surface area contributed by atoms with Crippen LogP contribution in [0.5, 0.6) is 0 Å². The maximum absolute atomic E-state index is 5.04. The van der Waals surface area contributed by atoms with Gasteiger partial charge in [-0.1, -0.05) is 6.92 Å². The molecule has 0 aromatic carbocycles. The van der Waals surface area contributed by atoms with E-state index in [-0.39, 0.29) is 6.10 Å². The van der Waals surface area contributed by atoms with Crippen molar-refractivity contribution in [1.82, 2.24) is 5.48 Å². The lowest BCUT2D eigenvalue weighted by Gasteiger charge is -2.11. The smallest absolute Gasteiger partial charge is 0.0943 e. The van der Waals surface area contributed by atoms with E-state index in [0.717, 1.165) is 6.42 Å². The molecule has 1 atom stereocenters. The number of nitrogens with one attached hydrogen (secondary N) is 1. The molecule has 3 nitrogen and oxygen atoms in total. The third-order valence-corrected chi connectivity index (χ3v) is 1.20. The van der Waals surface area contributed by atoms with Gasteiger partial charge in [0.2, 0.25) is 0 Å². The van der Waals surface area contributed by atoms with E-state index in [0.29, 0.717) is 6.61 Å². The largest absolute Gasteiger partial charge is 0.379 e. The van der Waals surface area contributed by atoms with E-state index in [4.69, 9.17) is 9.57 Å². The molecule has 3 heteroatoms. The Balaban J connectivity index is 3.09. The van der Waals surface area contributed by atoms with Gasteiger partial charge in [0.1, 0.15) is 0 Å². The zero-order chi connectivity index (χ0) is 7.11. The molecule has 0 spiro atoms. The maximum Gasteiger partial charge on any atom is 0.0943 e. The van der Waals surface area contributed by atoms with Gasteiger partial charge in [-0.05, 0) is 6.42 Å². The van der Waals surface area contributed by atoms with E-state index in [1.165, 1.54) is 0 Å². The van der Waals surface area contributed by atoms with E-state index in [2.05, 4.69) is 12.4 Å². The Labute approximate surface area is 56.3 Å². The molecular formula is C6H15NO2. The fourth-order valence-corrected chi connectivity index (χ4v) is 0.529. The summed E-state index contributed by atoms with van der Waals surface area (Å²) < 4.78 is 5.04. The molecule has 0 radical (unpaired) electrons. The summed E-state index contributed by atoms with van der Waals surface area (Å²) in [6.45, 7) is 2.68. The highest BCUT2D eigenvalue weighted by atomic mass is 16.7. The fourth-order valence-electron chi connectivity index (χ4n) is 0.529. The van der Waals surface area contributed by atoms with Crippen LogP contribution in [-0.2, 0) is 9.57 Å². The molecule has 0 amide bonds. The molecule has 0 aliphatic rings. The summed E-state index contributed by atoms with van der Waals surface area (Å²) in [5.41, 5.74) is 2.59. The van der Waals surface area contributed by atoms with Gasteiger partial charge in [-0.3, -0.25) is 4.84 Å². The van der Waals surface area contributed by atoms with Crippen LogP contribution in [0.2, 0.25) is 0 Å². The molecule has 1 N–H and O–H groups in total. The second-order valence-corrected chi connectivity index (χ2v) is 1.78. The van der Waals surface area contributed by atoms with E-state index in [1.54, 1.807) is 14.2 Å². The van der Waals surface area contributed by atoms with Crippen LogP contribution in [0.3, 0.4) is 0 Å². The van der Waals surface area contributed by atoms with E-state index in [9.17, 15) is 0 Å². The summed E-state index contributed by atoms with van der Waals surface area (Å²) in [5, 5.41) is 0. The van der Waals surface area contributed by atoms with Gasteiger partial charge in [0.05, 0.1) is 12.7 Å². The molecule has 0 bridgehead atoms. The monoisotopic (exact) mass is 133 g/mol. The maximum atomic E-state index is 5.04. The summed E-state index contributed by atoms with van der Waals surface area (Å²) in [6, 6.07) is 0. The summed E-state index contributed by atoms with van der Waals surface area (Å²) in [6.07, 6.45) is 1.20. The molecule has 56 valence electrons. The Bertz CT molecular complexity index is 55.0. The molecule has 0 aliphatic carbocycles. The van der Waals surface area contributed by atoms with Crippen LogP contribution in [0.4, 0.5) is 0 Å². The molecule has 9 heavy (non-hydrogen) atoms. The number of hydrogen-bond acceptors (Lipinski definition) is 3. The van der Waals surface area contributed by atoms with Crippen LogP contribution >= 0.6 is 0 Å². The molecule has 0 heterocycles. The minimum Gasteiger partial charge on any atom is -0.379 e. The summed E-state index contributed by atoms with van der Waals surface area (Å²) >= 11 is 0. The highest BCUT2D eigenvalue weighted by Crippen LogP contribution is 1.94. The third kappa shape index (κ3) is 4.39. The van der Waals surface area contributed by atoms with Crippen LogP contribution in [0.25, 0.3) is 0 Å². The molecular weight excluding hydrogens is 118 g/mol. The average Bonchev–Trinajstić information content (AvgIpc) is 1.91. The second kappa shape index (κ2) is 6.01. The molecule has 0 saturated carbocycles.